The van der Waals surface area contributed by atoms with Crippen molar-refractivity contribution in [2.45, 2.75) is 5.41 Å². The fraction of sp³-hybridized carbons (Fsp3) is 0.0286. The van der Waals surface area contributed by atoms with E-state index in [0.29, 0.717) is 5.02 Å². The van der Waals surface area contributed by atoms with E-state index in [1.807, 2.05) is 0 Å². The third kappa shape index (κ3) is 2.70. The Kier molecular flexibility index (Phi) is 4.27. The molecule has 0 saturated heterocycles. The van der Waals surface area contributed by atoms with Gasteiger partial charge in [0.2, 0.25) is 0 Å². The van der Waals surface area contributed by atoms with Gasteiger partial charge in [0.25, 0.3) is 0 Å². The summed E-state index contributed by atoms with van der Waals surface area (Å²) in [5.41, 5.74) is 8.87. The molecular formula is C35H21ClO. The number of para-hydroxylation sites is 1. The molecule has 0 unspecified atom stereocenters. The summed E-state index contributed by atoms with van der Waals surface area (Å²) in [6.45, 7) is 0. The Morgan fingerprint density at radius 1 is 0.486 bits per heavy atom. The van der Waals surface area contributed by atoms with Gasteiger partial charge in [0.1, 0.15) is 11.5 Å². The van der Waals surface area contributed by atoms with Crippen LogP contribution in [0.4, 0.5) is 0 Å². The third-order valence-electron chi connectivity index (χ3n) is 7.99. The third-order valence-corrected chi connectivity index (χ3v) is 8.21. The van der Waals surface area contributed by atoms with Crippen LogP contribution < -0.4 is 4.74 Å². The molecule has 1 spiro atoms. The van der Waals surface area contributed by atoms with Crippen LogP contribution in [0, 0.1) is 0 Å². The number of ether oxygens (including phenoxy) is 1. The fourth-order valence-corrected chi connectivity index (χ4v) is 6.80. The SMILES string of the molecule is Clc1cc(-c2cccc3ccccc23)c2c(c1)C1(c3ccccc3O2)c2ccccc2-c2ccccc21. The van der Waals surface area contributed by atoms with Crippen molar-refractivity contribution in [2.24, 2.45) is 0 Å². The zero-order chi connectivity index (χ0) is 24.6. The summed E-state index contributed by atoms with van der Waals surface area (Å²) in [6.07, 6.45) is 0. The molecule has 2 heteroatoms. The molecule has 6 aromatic rings. The molecule has 37 heavy (non-hydrogen) atoms. The van der Waals surface area contributed by atoms with Gasteiger partial charge in [-0.1, -0.05) is 121 Å². The zero-order valence-electron chi connectivity index (χ0n) is 19.9. The molecule has 6 aromatic carbocycles. The summed E-state index contributed by atoms with van der Waals surface area (Å²) >= 11 is 6.97. The summed E-state index contributed by atoms with van der Waals surface area (Å²) in [5.74, 6) is 1.75. The van der Waals surface area contributed by atoms with Gasteiger partial charge in [0.05, 0.1) is 5.41 Å². The monoisotopic (exact) mass is 492 g/mol. The summed E-state index contributed by atoms with van der Waals surface area (Å²) in [6, 6.07) is 45.0. The van der Waals surface area contributed by atoms with Crippen molar-refractivity contribution in [3.8, 4) is 33.8 Å². The van der Waals surface area contributed by atoms with Crippen molar-refractivity contribution in [2.75, 3.05) is 0 Å². The number of benzene rings is 6. The van der Waals surface area contributed by atoms with Crippen molar-refractivity contribution >= 4 is 22.4 Å². The highest BCUT2D eigenvalue weighted by Gasteiger charge is 2.51. The second-order valence-electron chi connectivity index (χ2n) is 9.80. The first kappa shape index (κ1) is 20.8. The van der Waals surface area contributed by atoms with Crippen LogP contribution in [-0.4, -0.2) is 0 Å². The van der Waals surface area contributed by atoms with Crippen LogP contribution in [0.1, 0.15) is 22.3 Å². The normalized spacial score (nSPS) is 14.0. The molecule has 1 nitrogen and oxygen atoms in total. The van der Waals surface area contributed by atoms with Crippen LogP contribution >= 0.6 is 11.6 Å². The van der Waals surface area contributed by atoms with Gasteiger partial charge in [-0.15, -0.1) is 0 Å². The van der Waals surface area contributed by atoms with E-state index in [1.165, 1.54) is 33.0 Å². The van der Waals surface area contributed by atoms with Crippen LogP contribution in [0.3, 0.4) is 0 Å². The molecule has 0 fully saturated rings. The summed E-state index contributed by atoms with van der Waals surface area (Å²) < 4.78 is 6.83. The quantitative estimate of drug-likeness (QED) is 0.221. The largest absolute Gasteiger partial charge is 0.456 e. The minimum absolute atomic E-state index is 0.526. The molecule has 1 aliphatic heterocycles. The van der Waals surface area contributed by atoms with E-state index in [-0.39, 0.29) is 0 Å². The number of hydrogen-bond donors (Lipinski definition) is 0. The lowest BCUT2D eigenvalue weighted by atomic mass is 9.65. The van der Waals surface area contributed by atoms with Gasteiger partial charge in [-0.3, -0.25) is 0 Å². The molecule has 8 rings (SSSR count). The van der Waals surface area contributed by atoms with E-state index in [4.69, 9.17) is 16.3 Å². The average molecular weight is 493 g/mol. The van der Waals surface area contributed by atoms with E-state index in [2.05, 4.69) is 127 Å². The molecule has 1 heterocycles. The van der Waals surface area contributed by atoms with Gasteiger partial charge in [0, 0.05) is 21.7 Å². The average Bonchev–Trinajstić information content (AvgIpc) is 3.24. The first-order valence-electron chi connectivity index (χ1n) is 12.6. The van der Waals surface area contributed by atoms with Gasteiger partial charge in [-0.05, 0) is 56.8 Å². The van der Waals surface area contributed by atoms with Crippen molar-refractivity contribution in [3.63, 3.8) is 0 Å². The smallest absolute Gasteiger partial charge is 0.140 e. The minimum Gasteiger partial charge on any atom is -0.456 e. The molecule has 1 aliphatic carbocycles. The lowest BCUT2D eigenvalue weighted by Crippen LogP contribution is -2.32. The Morgan fingerprint density at radius 3 is 1.86 bits per heavy atom. The standard InChI is InChI=1S/C35H21ClO/c36-23-20-28(25-15-9-11-22-10-1-2-12-24(22)25)34-32(21-23)35(31-18-7-8-19-33(31)37-34)29-16-5-3-13-26(29)27-14-4-6-17-30(27)35/h1-21H. The van der Waals surface area contributed by atoms with Gasteiger partial charge in [0.15, 0.2) is 0 Å². The van der Waals surface area contributed by atoms with Gasteiger partial charge >= 0.3 is 0 Å². The molecule has 0 amide bonds. The fourth-order valence-electron chi connectivity index (χ4n) is 6.58. The summed E-state index contributed by atoms with van der Waals surface area (Å²) in [4.78, 5) is 0. The van der Waals surface area contributed by atoms with Crippen LogP contribution in [0.5, 0.6) is 11.5 Å². The number of halogens is 1. The molecule has 174 valence electrons. The molecule has 0 N–H and O–H groups in total. The molecular weight excluding hydrogens is 472 g/mol. The predicted molar refractivity (Wildman–Crippen MR) is 152 cm³/mol. The molecule has 0 aromatic heterocycles. The molecule has 0 atom stereocenters. The highest BCUT2D eigenvalue weighted by atomic mass is 35.5. The highest BCUT2D eigenvalue weighted by molar-refractivity contribution is 6.31. The van der Waals surface area contributed by atoms with Gasteiger partial charge in [-0.2, -0.15) is 0 Å². The molecule has 0 saturated carbocycles. The first-order chi connectivity index (χ1) is 18.3. The highest BCUT2D eigenvalue weighted by Crippen LogP contribution is 2.63. The Bertz CT molecular complexity index is 1830. The second kappa shape index (κ2) is 7.59. The van der Waals surface area contributed by atoms with E-state index < -0.39 is 5.41 Å². The molecule has 0 bridgehead atoms. The maximum atomic E-state index is 6.97. The zero-order valence-corrected chi connectivity index (χ0v) is 20.7. The molecule has 0 radical (unpaired) electrons. The number of rotatable bonds is 1. The Morgan fingerprint density at radius 2 is 1.08 bits per heavy atom. The Balaban J connectivity index is 1.55. The topological polar surface area (TPSA) is 9.23 Å². The Hall–Kier alpha value is -4.33. The van der Waals surface area contributed by atoms with E-state index in [1.54, 1.807) is 0 Å². The van der Waals surface area contributed by atoms with Crippen LogP contribution in [0.25, 0.3) is 33.0 Å². The van der Waals surface area contributed by atoms with Gasteiger partial charge < -0.3 is 4.74 Å². The summed E-state index contributed by atoms with van der Waals surface area (Å²) in [7, 11) is 0. The summed E-state index contributed by atoms with van der Waals surface area (Å²) in [5, 5.41) is 3.07. The van der Waals surface area contributed by atoms with Crippen molar-refractivity contribution in [3.05, 3.63) is 155 Å². The van der Waals surface area contributed by atoms with Crippen molar-refractivity contribution < 1.29 is 4.74 Å². The second-order valence-corrected chi connectivity index (χ2v) is 10.2. The number of fused-ring (bicyclic) bond motifs is 10. The lowest BCUT2D eigenvalue weighted by molar-refractivity contribution is 0.438. The molecule has 2 aliphatic rings. The van der Waals surface area contributed by atoms with Crippen molar-refractivity contribution in [1.82, 2.24) is 0 Å². The predicted octanol–water partition coefficient (Wildman–Crippen LogP) is 9.63. The van der Waals surface area contributed by atoms with Crippen LogP contribution in [0.15, 0.2) is 127 Å². The lowest BCUT2D eigenvalue weighted by Gasteiger charge is -2.40. The maximum absolute atomic E-state index is 6.97. The van der Waals surface area contributed by atoms with E-state index in [0.717, 1.165) is 33.8 Å². The van der Waals surface area contributed by atoms with Crippen LogP contribution in [0.2, 0.25) is 5.02 Å². The van der Waals surface area contributed by atoms with E-state index in [9.17, 15) is 0 Å². The number of hydrogen-bond acceptors (Lipinski definition) is 1. The van der Waals surface area contributed by atoms with E-state index >= 15 is 0 Å². The van der Waals surface area contributed by atoms with Gasteiger partial charge in [-0.25, -0.2) is 0 Å². The minimum atomic E-state index is -0.526. The van der Waals surface area contributed by atoms with Crippen LogP contribution in [-0.2, 0) is 5.41 Å². The maximum Gasteiger partial charge on any atom is 0.140 e. The Labute approximate surface area is 220 Å². The van der Waals surface area contributed by atoms with Crippen molar-refractivity contribution in [1.29, 1.82) is 0 Å². The first-order valence-corrected chi connectivity index (χ1v) is 12.9.